The number of aliphatic hydroxyl groups is 1. The fourth-order valence-corrected chi connectivity index (χ4v) is 1.49. The van der Waals surface area contributed by atoms with Gasteiger partial charge in [0.25, 0.3) is 0 Å². The summed E-state index contributed by atoms with van der Waals surface area (Å²) in [7, 11) is 1.51. The van der Waals surface area contributed by atoms with Gasteiger partial charge >= 0.3 is 5.97 Å². The van der Waals surface area contributed by atoms with Crippen molar-refractivity contribution in [1.82, 2.24) is 0 Å². The number of hydrogen-bond acceptors (Lipinski definition) is 5. The second-order valence-electron chi connectivity index (χ2n) is 3.38. The molecule has 0 aromatic rings. The molecule has 5 heteroatoms. The van der Waals surface area contributed by atoms with Crippen molar-refractivity contribution >= 4 is 5.97 Å². The first-order chi connectivity index (χ1) is 6.54. The fourth-order valence-electron chi connectivity index (χ4n) is 1.49. The van der Waals surface area contributed by atoms with Crippen molar-refractivity contribution in [2.45, 2.75) is 44.9 Å². The van der Waals surface area contributed by atoms with Crippen LogP contribution in [0.1, 0.15) is 20.3 Å². The molecule has 1 saturated heterocycles. The molecule has 0 aromatic heterocycles. The molecule has 14 heavy (non-hydrogen) atoms. The Kier molecular flexibility index (Phi) is 3.86. The van der Waals surface area contributed by atoms with Crippen LogP contribution in [-0.4, -0.2) is 42.8 Å². The quantitative estimate of drug-likeness (QED) is 0.644. The van der Waals surface area contributed by atoms with E-state index in [9.17, 15) is 9.90 Å². The van der Waals surface area contributed by atoms with E-state index in [1.165, 1.54) is 14.0 Å². The van der Waals surface area contributed by atoms with Crippen molar-refractivity contribution in [3.8, 4) is 0 Å². The van der Waals surface area contributed by atoms with E-state index in [0.29, 0.717) is 6.42 Å². The molecule has 5 nitrogen and oxygen atoms in total. The minimum Gasteiger partial charge on any atom is -0.459 e. The number of esters is 1. The normalized spacial score (nSPS) is 38.0. The summed E-state index contributed by atoms with van der Waals surface area (Å²) in [6.45, 7) is 3.03. The molecule has 0 aromatic carbocycles. The highest BCUT2D eigenvalue weighted by Crippen LogP contribution is 2.22. The molecular weight excluding hydrogens is 188 g/mol. The molecule has 0 radical (unpaired) electrons. The van der Waals surface area contributed by atoms with Gasteiger partial charge in [-0.25, -0.2) is 0 Å². The number of methoxy groups -OCH3 is 1. The Balaban J connectivity index is 2.57. The molecule has 0 aliphatic carbocycles. The number of ether oxygens (including phenoxy) is 3. The summed E-state index contributed by atoms with van der Waals surface area (Å²) in [6.07, 6.45) is -1.77. The van der Waals surface area contributed by atoms with Crippen molar-refractivity contribution in [3.63, 3.8) is 0 Å². The Morgan fingerprint density at radius 2 is 2.21 bits per heavy atom. The standard InChI is InChI=1S/C9H16O5/c1-5-9(11)7(14-6(2)10)4-8(12-3)13-5/h5,7-9,11H,4H2,1-3H3/t5-,7+,8-,9+/m1/s1. The molecule has 82 valence electrons. The number of hydrogen-bond donors (Lipinski definition) is 1. The van der Waals surface area contributed by atoms with Gasteiger partial charge in [0.1, 0.15) is 12.2 Å². The van der Waals surface area contributed by atoms with Gasteiger partial charge in [0.05, 0.1) is 6.10 Å². The zero-order valence-electron chi connectivity index (χ0n) is 8.60. The lowest BCUT2D eigenvalue weighted by Crippen LogP contribution is -2.49. The molecule has 1 aliphatic rings. The predicted molar refractivity (Wildman–Crippen MR) is 47.5 cm³/mol. The number of aliphatic hydroxyl groups excluding tert-OH is 1. The van der Waals surface area contributed by atoms with Crippen LogP contribution in [0, 0.1) is 0 Å². The summed E-state index contributed by atoms with van der Waals surface area (Å²) in [5.41, 5.74) is 0. The van der Waals surface area contributed by atoms with Crippen molar-refractivity contribution in [3.05, 3.63) is 0 Å². The first-order valence-corrected chi connectivity index (χ1v) is 4.58. The third-order valence-electron chi connectivity index (χ3n) is 2.23. The van der Waals surface area contributed by atoms with E-state index in [4.69, 9.17) is 14.2 Å². The molecular formula is C9H16O5. The molecule has 1 fully saturated rings. The van der Waals surface area contributed by atoms with Crippen LogP contribution in [0.5, 0.6) is 0 Å². The molecule has 1 aliphatic heterocycles. The van der Waals surface area contributed by atoms with E-state index in [0.717, 1.165) is 0 Å². The first kappa shape index (κ1) is 11.4. The van der Waals surface area contributed by atoms with Crippen LogP contribution < -0.4 is 0 Å². The van der Waals surface area contributed by atoms with Gasteiger partial charge in [0.15, 0.2) is 6.29 Å². The van der Waals surface area contributed by atoms with E-state index >= 15 is 0 Å². The summed E-state index contributed by atoms with van der Waals surface area (Å²) >= 11 is 0. The summed E-state index contributed by atoms with van der Waals surface area (Å²) in [6, 6.07) is 0. The lowest BCUT2D eigenvalue weighted by atomic mass is 10.0. The van der Waals surface area contributed by atoms with Crippen molar-refractivity contribution < 1.29 is 24.1 Å². The zero-order chi connectivity index (χ0) is 10.7. The monoisotopic (exact) mass is 204 g/mol. The van der Waals surface area contributed by atoms with Crippen molar-refractivity contribution in [2.75, 3.05) is 7.11 Å². The van der Waals surface area contributed by atoms with Crippen molar-refractivity contribution in [2.24, 2.45) is 0 Å². The number of carbonyl (C=O) groups excluding carboxylic acids is 1. The molecule has 1 rings (SSSR count). The summed E-state index contributed by atoms with van der Waals surface area (Å²) in [4.78, 5) is 10.7. The van der Waals surface area contributed by atoms with E-state index in [1.54, 1.807) is 6.92 Å². The zero-order valence-corrected chi connectivity index (χ0v) is 8.60. The van der Waals surface area contributed by atoms with Crippen LogP contribution in [-0.2, 0) is 19.0 Å². The lowest BCUT2D eigenvalue weighted by molar-refractivity contribution is -0.242. The first-order valence-electron chi connectivity index (χ1n) is 4.58. The van der Waals surface area contributed by atoms with Gasteiger partial charge < -0.3 is 19.3 Å². The number of rotatable bonds is 2. The molecule has 0 unspecified atom stereocenters. The third-order valence-corrected chi connectivity index (χ3v) is 2.23. The van der Waals surface area contributed by atoms with E-state index < -0.39 is 30.6 Å². The van der Waals surface area contributed by atoms with Crippen LogP contribution in [0.2, 0.25) is 0 Å². The van der Waals surface area contributed by atoms with Crippen LogP contribution in [0.15, 0.2) is 0 Å². The topological polar surface area (TPSA) is 65.0 Å². The van der Waals surface area contributed by atoms with Gasteiger partial charge in [0.2, 0.25) is 0 Å². The van der Waals surface area contributed by atoms with Crippen LogP contribution in [0.25, 0.3) is 0 Å². The second kappa shape index (κ2) is 4.72. The Hall–Kier alpha value is -0.650. The SMILES string of the molecule is CO[C@H]1C[C@H](OC(C)=O)[C@@H](O)[C@@H](C)O1. The predicted octanol–water partition coefficient (Wildman–Crippen LogP) is 0.0603. The van der Waals surface area contributed by atoms with Gasteiger partial charge in [-0.2, -0.15) is 0 Å². The highest BCUT2D eigenvalue weighted by molar-refractivity contribution is 5.66. The van der Waals surface area contributed by atoms with Gasteiger partial charge in [-0.1, -0.05) is 0 Å². The minimum absolute atomic E-state index is 0.363. The molecule has 0 saturated carbocycles. The van der Waals surface area contributed by atoms with Crippen molar-refractivity contribution in [1.29, 1.82) is 0 Å². The van der Waals surface area contributed by atoms with E-state index in [1.807, 2.05) is 0 Å². The van der Waals surface area contributed by atoms with Gasteiger partial charge in [-0.15, -0.1) is 0 Å². The number of carbonyl (C=O) groups is 1. The Labute approximate surface area is 82.9 Å². The average Bonchev–Trinajstić information content (AvgIpc) is 2.11. The summed E-state index contributed by atoms with van der Waals surface area (Å²) < 4.78 is 15.3. The minimum atomic E-state index is -0.787. The van der Waals surface area contributed by atoms with Crippen LogP contribution in [0.3, 0.4) is 0 Å². The fraction of sp³-hybridized carbons (Fsp3) is 0.889. The summed E-state index contributed by atoms with van der Waals surface area (Å²) in [5.74, 6) is -0.405. The second-order valence-corrected chi connectivity index (χ2v) is 3.38. The molecule has 4 atom stereocenters. The molecule has 0 spiro atoms. The van der Waals surface area contributed by atoms with E-state index in [-0.39, 0.29) is 0 Å². The van der Waals surface area contributed by atoms with Gasteiger partial charge in [0, 0.05) is 20.5 Å². The average molecular weight is 204 g/mol. The largest absolute Gasteiger partial charge is 0.459 e. The molecule has 0 amide bonds. The lowest BCUT2D eigenvalue weighted by Gasteiger charge is -2.36. The van der Waals surface area contributed by atoms with Gasteiger partial charge in [-0.05, 0) is 6.92 Å². The Morgan fingerprint density at radius 1 is 1.57 bits per heavy atom. The maximum absolute atomic E-state index is 10.7. The van der Waals surface area contributed by atoms with Gasteiger partial charge in [-0.3, -0.25) is 4.79 Å². The molecule has 1 N–H and O–H groups in total. The van der Waals surface area contributed by atoms with Crippen LogP contribution in [0.4, 0.5) is 0 Å². The Bertz CT molecular complexity index is 205. The maximum Gasteiger partial charge on any atom is 0.302 e. The molecule has 0 bridgehead atoms. The summed E-state index contributed by atoms with van der Waals surface area (Å²) in [5, 5.41) is 9.64. The smallest absolute Gasteiger partial charge is 0.302 e. The van der Waals surface area contributed by atoms with E-state index in [2.05, 4.69) is 0 Å². The van der Waals surface area contributed by atoms with Crippen LogP contribution >= 0.6 is 0 Å². The third kappa shape index (κ3) is 2.67. The Morgan fingerprint density at radius 3 is 2.71 bits per heavy atom. The highest BCUT2D eigenvalue weighted by atomic mass is 16.7. The highest BCUT2D eigenvalue weighted by Gasteiger charge is 2.37. The molecule has 1 heterocycles. The maximum atomic E-state index is 10.7.